The van der Waals surface area contributed by atoms with Gasteiger partial charge >= 0.3 is 0 Å². The van der Waals surface area contributed by atoms with Gasteiger partial charge in [0.1, 0.15) is 5.75 Å². The SMILES string of the molecule is C[C@@H](NC(=O)[C@H]1CN(S(C)(=O)=O)c2cc(C(C)(C)C)ccc2O1)c1ccc2c(c1)CCC2. The monoisotopic (exact) mass is 456 g/mol. The average molecular weight is 457 g/mol. The van der Waals surface area contributed by atoms with Crippen molar-refractivity contribution < 1.29 is 17.9 Å². The summed E-state index contributed by atoms with van der Waals surface area (Å²) in [5, 5.41) is 3.01. The van der Waals surface area contributed by atoms with E-state index in [1.165, 1.54) is 21.9 Å². The van der Waals surface area contributed by atoms with E-state index in [1.807, 2.05) is 19.1 Å². The highest BCUT2D eigenvalue weighted by Crippen LogP contribution is 2.38. The highest BCUT2D eigenvalue weighted by atomic mass is 32.2. The number of sulfonamides is 1. The molecule has 0 radical (unpaired) electrons. The van der Waals surface area contributed by atoms with Crippen LogP contribution in [0.15, 0.2) is 36.4 Å². The maximum atomic E-state index is 13.1. The molecule has 0 unspecified atom stereocenters. The number of carbonyl (C=O) groups excluding carboxylic acids is 1. The minimum absolute atomic E-state index is 0.0534. The number of nitrogens with one attached hydrogen (secondary N) is 1. The lowest BCUT2D eigenvalue weighted by Gasteiger charge is -2.35. The Morgan fingerprint density at radius 1 is 1.12 bits per heavy atom. The van der Waals surface area contributed by atoms with Crippen molar-refractivity contribution in [2.45, 2.75) is 64.5 Å². The number of ether oxygens (including phenoxy) is 1. The zero-order chi connectivity index (χ0) is 23.3. The Kier molecular flexibility index (Phi) is 5.74. The number of amides is 1. The van der Waals surface area contributed by atoms with Crippen molar-refractivity contribution in [2.24, 2.45) is 0 Å². The molecular formula is C25H32N2O4S. The van der Waals surface area contributed by atoms with E-state index >= 15 is 0 Å². The van der Waals surface area contributed by atoms with Crippen molar-refractivity contribution in [2.75, 3.05) is 17.1 Å². The van der Waals surface area contributed by atoms with Crippen LogP contribution in [0.1, 0.15) is 62.4 Å². The summed E-state index contributed by atoms with van der Waals surface area (Å²) >= 11 is 0. The Morgan fingerprint density at radius 2 is 1.84 bits per heavy atom. The molecule has 32 heavy (non-hydrogen) atoms. The third kappa shape index (κ3) is 4.49. The summed E-state index contributed by atoms with van der Waals surface area (Å²) in [6, 6.07) is 11.7. The minimum Gasteiger partial charge on any atom is -0.476 e. The number of nitrogens with zero attached hydrogens (tertiary/aromatic N) is 1. The molecule has 1 aliphatic heterocycles. The Labute approximate surface area is 191 Å². The standard InChI is InChI=1S/C25H32N2O4S/c1-16(18-10-9-17-7-6-8-19(17)13-18)26-24(28)23-15-27(32(5,29)30)21-14-20(25(2,3)4)11-12-22(21)31-23/h9-14,16,23H,6-8,15H2,1-5H3,(H,26,28)/t16-,23-/m1/s1. The maximum absolute atomic E-state index is 13.1. The van der Waals surface area contributed by atoms with E-state index in [4.69, 9.17) is 4.74 Å². The van der Waals surface area contributed by atoms with Crippen LogP contribution in [0.2, 0.25) is 0 Å². The van der Waals surface area contributed by atoms with Crippen molar-refractivity contribution in [3.63, 3.8) is 0 Å². The van der Waals surface area contributed by atoms with Gasteiger partial charge in [0, 0.05) is 0 Å². The number of hydrogen-bond acceptors (Lipinski definition) is 4. The molecule has 6 nitrogen and oxygen atoms in total. The van der Waals surface area contributed by atoms with Gasteiger partial charge in [-0.1, -0.05) is 45.0 Å². The van der Waals surface area contributed by atoms with Crippen molar-refractivity contribution in [3.8, 4) is 5.75 Å². The van der Waals surface area contributed by atoms with Crippen LogP contribution in [0, 0.1) is 0 Å². The summed E-state index contributed by atoms with van der Waals surface area (Å²) in [5.74, 6) is 0.0807. The van der Waals surface area contributed by atoms with E-state index in [-0.39, 0.29) is 23.9 Å². The first-order chi connectivity index (χ1) is 14.9. The first kappa shape index (κ1) is 22.6. The van der Waals surface area contributed by atoms with Crippen molar-refractivity contribution in [1.29, 1.82) is 0 Å². The summed E-state index contributed by atoms with van der Waals surface area (Å²) < 4.78 is 32.4. The maximum Gasteiger partial charge on any atom is 0.263 e. The molecular weight excluding hydrogens is 424 g/mol. The third-order valence-electron chi connectivity index (χ3n) is 6.37. The molecule has 2 aromatic rings. The van der Waals surface area contributed by atoms with Crippen LogP contribution < -0.4 is 14.4 Å². The van der Waals surface area contributed by atoms with Crippen LogP contribution in [0.4, 0.5) is 5.69 Å². The Bertz CT molecular complexity index is 1150. The van der Waals surface area contributed by atoms with Gasteiger partial charge in [-0.3, -0.25) is 9.10 Å². The number of rotatable bonds is 4. The fraction of sp³-hybridized carbons (Fsp3) is 0.480. The molecule has 1 aliphatic carbocycles. The number of fused-ring (bicyclic) bond motifs is 2. The second kappa shape index (κ2) is 8.10. The highest BCUT2D eigenvalue weighted by molar-refractivity contribution is 7.92. The van der Waals surface area contributed by atoms with E-state index < -0.39 is 16.1 Å². The van der Waals surface area contributed by atoms with Crippen molar-refractivity contribution >= 4 is 21.6 Å². The number of carbonyl (C=O) groups is 1. The lowest BCUT2D eigenvalue weighted by atomic mass is 9.86. The van der Waals surface area contributed by atoms with Crippen molar-refractivity contribution in [3.05, 3.63) is 58.7 Å². The highest BCUT2D eigenvalue weighted by Gasteiger charge is 2.36. The molecule has 0 bridgehead atoms. The van der Waals surface area contributed by atoms with E-state index in [1.54, 1.807) is 6.07 Å². The molecule has 172 valence electrons. The largest absolute Gasteiger partial charge is 0.476 e. The van der Waals surface area contributed by atoms with Gasteiger partial charge < -0.3 is 10.1 Å². The van der Waals surface area contributed by atoms with Crippen LogP contribution in [-0.4, -0.2) is 33.2 Å². The number of benzene rings is 2. The molecule has 2 aliphatic rings. The summed E-state index contributed by atoms with van der Waals surface area (Å²) in [6.45, 7) is 8.09. The molecule has 7 heteroatoms. The summed E-state index contributed by atoms with van der Waals surface area (Å²) in [4.78, 5) is 13.1. The zero-order valence-electron chi connectivity index (χ0n) is 19.4. The molecule has 2 aromatic carbocycles. The Balaban J connectivity index is 1.56. The van der Waals surface area contributed by atoms with Crippen LogP contribution >= 0.6 is 0 Å². The predicted molar refractivity (Wildman–Crippen MR) is 127 cm³/mol. The fourth-order valence-electron chi connectivity index (χ4n) is 4.42. The van der Waals surface area contributed by atoms with Gasteiger partial charge in [-0.05, 0) is 66.0 Å². The second-order valence-electron chi connectivity index (χ2n) is 9.95. The van der Waals surface area contributed by atoms with Crippen LogP contribution in [0.25, 0.3) is 0 Å². The smallest absolute Gasteiger partial charge is 0.263 e. The van der Waals surface area contributed by atoms with Gasteiger partial charge in [0.25, 0.3) is 5.91 Å². The number of anilines is 1. The van der Waals surface area contributed by atoms with E-state index in [0.717, 1.165) is 30.2 Å². The lowest BCUT2D eigenvalue weighted by molar-refractivity contribution is -0.128. The van der Waals surface area contributed by atoms with Gasteiger partial charge in [0.2, 0.25) is 10.0 Å². The van der Waals surface area contributed by atoms with Crippen LogP contribution in [-0.2, 0) is 33.1 Å². The minimum atomic E-state index is -3.58. The zero-order valence-corrected chi connectivity index (χ0v) is 20.3. The van der Waals surface area contributed by atoms with E-state index in [9.17, 15) is 13.2 Å². The summed E-state index contributed by atoms with van der Waals surface area (Å²) in [5.41, 5.74) is 5.13. The Hall–Kier alpha value is -2.54. The van der Waals surface area contributed by atoms with E-state index in [0.29, 0.717) is 11.4 Å². The van der Waals surface area contributed by atoms with Gasteiger partial charge in [-0.25, -0.2) is 8.42 Å². The lowest BCUT2D eigenvalue weighted by Crippen LogP contribution is -2.50. The molecule has 0 fully saturated rings. The molecule has 1 amide bonds. The van der Waals surface area contributed by atoms with E-state index in [2.05, 4.69) is 44.3 Å². The molecule has 0 saturated heterocycles. The second-order valence-corrected chi connectivity index (χ2v) is 11.9. The molecule has 1 heterocycles. The van der Waals surface area contributed by atoms with Gasteiger partial charge in [-0.15, -0.1) is 0 Å². The molecule has 0 spiro atoms. The molecule has 2 atom stereocenters. The van der Waals surface area contributed by atoms with Gasteiger partial charge in [0.15, 0.2) is 6.10 Å². The molecule has 0 aromatic heterocycles. The third-order valence-corrected chi connectivity index (χ3v) is 7.52. The normalized spacial score (nSPS) is 19.0. The first-order valence-corrected chi connectivity index (χ1v) is 13.0. The van der Waals surface area contributed by atoms with Gasteiger partial charge in [0.05, 0.1) is 24.5 Å². The first-order valence-electron chi connectivity index (χ1n) is 11.1. The molecule has 1 N–H and O–H groups in total. The fourth-order valence-corrected chi connectivity index (χ4v) is 5.33. The number of aryl methyl sites for hydroxylation is 2. The quantitative estimate of drug-likeness (QED) is 0.758. The van der Waals surface area contributed by atoms with Crippen LogP contribution in [0.5, 0.6) is 5.75 Å². The van der Waals surface area contributed by atoms with Crippen molar-refractivity contribution in [1.82, 2.24) is 5.32 Å². The average Bonchev–Trinajstić information content (AvgIpc) is 3.18. The predicted octanol–water partition coefficient (Wildman–Crippen LogP) is 3.88. The van der Waals surface area contributed by atoms with Crippen LogP contribution in [0.3, 0.4) is 0 Å². The van der Waals surface area contributed by atoms with Gasteiger partial charge in [-0.2, -0.15) is 0 Å². The molecule has 0 saturated carbocycles. The topological polar surface area (TPSA) is 75.7 Å². The molecule has 4 rings (SSSR count). The summed E-state index contributed by atoms with van der Waals surface area (Å²) in [7, 11) is -3.58. The Morgan fingerprint density at radius 3 is 2.53 bits per heavy atom. The number of hydrogen-bond donors (Lipinski definition) is 1. The summed E-state index contributed by atoms with van der Waals surface area (Å²) in [6.07, 6.45) is 3.60.